The molecule has 0 amide bonds. The van der Waals surface area contributed by atoms with Gasteiger partial charge >= 0.3 is 0 Å². The number of pyridine rings is 1. The van der Waals surface area contributed by atoms with E-state index in [-0.39, 0.29) is 0 Å². The molecule has 7 heteroatoms. The molecule has 3 aromatic heterocycles. The van der Waals surface area contributed by atoms with Gasteiger partial charge in [0.2, 0.25) is 5.95 Å². The van der Waals surface area contributed by atoms with E-state index in [0.717, 1.165) is 53.7 Å². The van der Waals surface area contributed by atoms with Gasteiger partial charge in [-0.2, -0.15) is 0 Å². The fourth-order valence-corrected chi connectivity index (χ4v) is 3.60. The Morgan fingerprint density at radius 2 is 1.82 bits per heavy atom. The van der Waals surface area contributed by atoms with E-state index in [1.165, 1.54) is 0 Å². The van der Waals surface area contributed by atoms with Gasteiger partial charge in [0.05, 0.1) is 16.7 Å². The first-order valence-electron chi connectivity index (χ1n) is 9.42. The number of aromatic nitrogens is 5. The lowest BCUT2D eigenvalue weighted by Crippen LogP contribution is -2.50. The van der Waals surface area contributed by atoms with Crippen LogP contribution in [0.15, 0.2) is 60.9 Å². The highest BCUT2D eigenvalue weighted by Crippen LogP contribution is 2.25. The normalized spacial score (nSPS) is 14.2. The van der Waals surface area contributed by atoms with Crippen molar-refractivity contribution in [2.75, 3.05) is 29.9 Å². The van der Waals surface area contributed by atoms with Gasteiger partial charge in [0.25, 0.3) is 0 Å². The van der Waals surface area contributed by atoms with Crippen LogP contribution in [0.5, 0.6) is 0 Å². The van der Waals surface area contributed by atoms with Crippen LogP contribution in [0.25, 0.3) is 22.3 Å². The molecule has 1 aromatic carbocycles. The number of imidazole rings is 1. The Morgan fingerprint density at radius 1 is 1.00 bits per heavy atom. The molecule has 0 aliphatic carbocycles. The molecule has 0 bridgehead atoms. The summed E-state index contributed by atoms with van der Waals surface area (Å²) in [7, 11) is 2.05. The van der Waals surface area contributed by atoms with Gasteiger partial charge in [0.15, 0.2) is 5.82 Å². The van der Waals surface area contributed by atoms with Crippen LogP contribution in [0, 0.1) is 5.92 Å². The van der Waals surface area contributed by atoms with Gasteiger partial charge in [-0.3, -0.25) is 4.98 Å². The van der Waals surface area contributed by atoms with Gasteiger partial charge in [-0.1, -0.05) is 12.1 Å². The van der Waals surface area contributed by atoms with Crippen molar-refractivity contribution in [2.45, 2.75) is 0 Å². The molecule has 0 saturated carbocycles. The number of benzene rings is 1. The zero-order chi connectivity index (χ0) is 18.9. The highest BCUT2D eigenvalue weighted by molar-refractivity contribution is 5.78. The highest BCUT2D eigenvalue weighted by Gasteiger charge is 2.28. The number of fused-ring (bicyclic) bond motifs is 1. The van der Waals surface area contributed by atoms with Crippen molar-refractivity contribution >= 4 is 22.8 Å². The minimum absolute atomic E-state index is 0.571. The Labute approximate surface area is 163 Å². The number of hydrogen-bond donors (Lipinski definition) is 1. The maximum Gasteiger partial charge on any atom is 0.203 e. The summed E-state index contributed by atoms with van der Waals surface area (Å²) in [6.07, 6.45) is 3.53. The standard InChI is InChI=1S/C21H21N7/c1-27-19-5-3-2-4-18(19)24-21(27)23-12-15-13-28(14-15)20-7-6-17(25-26-20)16-8-10-22-11-9-16/h2-11,15H,12-14H2,1H3,(H,23,24). The van der Waals surface area contributed by atoms with E-state index in [9.17, 15) is 0 Å². The van der Waals surface area contributed by atoms with Gasteiger partial charge in [0.1, 0.15) is 0 Å². The highest BCUT2D eigenvalue weighted by atomic mass is 15.3. The van der Waals surface area contributed by atoms with Crippen LogP contribution in [0.1, 0.15) is 0 Å². The van der Waals surface area contributed by atoms with Crippen molar-refractivity contribution in [1.82, 2.24) is 24.7 Å². The second-order valence-electron chi connectivity index (χ2n) is 7.15. The second-order valence-corrected chi connectivity index (χ2v) is 7.15. The molecular weight excluding hydrogens is 350 g/mol. The maximum absolute atomic E-state index is 4.67. The van der Waals surface area contributed by atoms with Crippen molar-refractivity contribution in [3.05, 3.63) is 60.9 Å². The fourth-order valence-electron chi connectivity index (χ4n) is 3.60. The van der Waals surface area contributed by atoms with Crippen LogP contribution in [0.4, 0.5) is 11.8 Å². The molecule has 1 N–H and O–H groups in total. The van der Waals surface area contributed by atoms with Crippen molar-refractivity contribution in [3.63, 3.8) is 0 Å². The summed E-state index contributed by atoms with van der Waals surface area (Å²) in [6, 6.07) is 16.1. The van der Waals surface area contributed by atoms with Gasteiger partial charge in [-0.15, -0.1) is 10.2 Å². The zero-order valence-electron chi connectivity index (χ0n) is 15.7. The monoisotopic (exact) mass is 371 g/mol. The predicted molar refractivity (Wildman–Crippen MR) is 110 cm³/mol. The SMILES string of the molecule is Cn1c(NCC2CN(c3ccc(-c4ccncc4)nn3)C2)nc2ccccc21. The van der Waals surface area contributed by atoms with Crippen LogP contribution in [-0.4, -0.2) is 44.4 Å². The minimum Gasteiger partial charge on any atom is -0.355 e. The first kappa shape index (κ1) is 16.7. The molecular formula is C21H21N7. The molecule has 0 spiro atoms. The third kappa shape index (κ3) is 3.05. The molecule has 1 fully saturated rings. The van der Waals surface area contributed by atoms with Crippen LogP contribution in [0.2, 0.25) is 0 Å². The molecule has 4 aromatic rings. The number of hydrogen-bond acceptors (Lipinski definition) is 6. The third-order valence-electron chi connectivity index (χ3n) is 5.24. The molecule has 1 aliphatic heterocycles. The Bertz CT molecular complexity index is 1080. The van der Waals surface area contributed by atoms with Gasteiger partial charge in [-0.05, 0) is 36.4 Å². The first-order valence-corrected chi connectivity index (χ1v) is 9.42. The Balaban J connectivity index is 1.18. The van der Waals surface area contributed by atoms with Crippen LogP contribution >= 0.6 is 0 Å². The van der Waals surface area contributed by atoms with E-state index in [2.05, 4.69) is 41.0 Å². The Morgan fingerprint density at radius 3 is 2.57 bits per heavy atom. The second kappa shape index (κ2) is 6.92. The smallest absolute Gasteiger partial charge is 0.203 e. The lowest BCUT2D eigenvalue weighted by molar-refractivity contribution is 0.424. The topological polar surface area (TPSA) is 71.8 Å². The zero-order valence-corrected chi connectivity index (χ0v) is 15.7. The quantitative estimate of drug-likeness (QED) is 0.582. The number of para-hydroxylation sites is 2. The average Bonchev–Trinajstić information content (AvgIpc) is 3.04. The van der Waals surface area contributed by atoms with E-state index in [4.69, 9.17) is 0 Å². The number of anilines is 2. The minimum atomic E-state index is 0.571. The Hall–Kier alpha value is -3.48. The molecule has 5 rings (SSSR count). The lowest BCUT2D eigenvalue weighted by Gasteiger charge is -2.40. The lowest BCUT2D eigenvalue weighted by atomic mass is 10.0. The molecule has 0 atom stereocenters. The van der Waals surface area contributed by atoms with Crippen LogP contribution in [-0.2, 0) is 7.05 Å². The molecule has 4 heterocycles. The van der Waals surface area contributed by atoms with Crippen molar-refractivity contribution < 1.29 is 0 Å². The van der Waals surface area contributed by atoms with Gasteiger partial charge in [-0.25, -0.2) is 4.98 Å². The summed E-state index contributed by atoms with van der Waals surface area (Å²) in [5.74, 6) is 2.42. The largest absolute Gasteiger partial charge is 0.355 e. The average molecular weight is 371 g/mol. The first-order chi connectivity index (χ1) is 13.8. The van der Waals surface area contributed by atoms with Crippen molar-refractivity contribution in [1.29, 1.82) is 0 Å². The molecule has 7 nitrogen and oxygen atoms in total. The maximum atomic E-state index is 4.67. The molecule has 1 saturated heterocycles. The van der Waals surface area contributed by atoms with Crippen molar-refractivity contribution in [3.8, 4) is 11.3 Å². The number of rotatable bonds is 5. The van der Waals surface area contributed by atoms with E-state index >= 15 is 0 Å². The number of aryl methyl sites for hydroxylation is 1. The summed E-state index contributed by atoms with van der Waals surface area (Å²) in [4.78, 5) is 11.0. The molecule has 0 unspecified atom stereocenters. The molecule has 28 heavy (non-hydrogen) atoms. The molecule has 1 aliphatic rings. The van der Waals surface area contributed by atoms with Gasteiger partial charge in [0, 0.05) is 50.6 Å². The Kier molecular flexibility index (Phi) is 4.12. The van der Waals surface area contributed by atoms with E-state index in [1.54, 1.807) is 12.4 Å². The van der Waals surface area contributed by atoms with E-state index in [1.807, 2.05) is 49.5 Å². The summed E-state index contributed by atoms with van der Waals surface area (Å²) >= 11 is 0. The molecule has 140 valence electrons. The number of nitrogens with zero attached hydrogens (tertiary/aromatic N) is 6. The van der Waals surface area contributed by atoms with Gasteiger partial charge < -0.3 is 14.8 Å². The van der Waals surface area contributed by atoms with Crippen molar-refractivity contribution in [2.24, 2.45) is 13.0 Å². The fraction of sp³-hybridized carbons (Fsp3) is 0.238. The molecule has 0 radical (unpaired) electrons. The van der Waals surface area contributed by atoms with Crippen LogP contribution in [0.3, 0.4) is 0 Å². The number of nitrogens with one attached hydrogen (secondary N) is 1. The summed E-state index contributed by atoms with van der Waals surface area (Å²) in [6.45, 7) is 2.84. The van der Waals surface area contributed by atoms with E-state index < -0.39 is 0 Å². The summed E-state index contributed by atoms with van der Waals surface area (Å²) < 4.78 is 2.11. The van der Waals surface area contributed by atoms with Crippen LogP contribution < -0.4 is 10.2 Å². The van der Waals surface area contributed by atoms with E-state index in [0.29, 0.717) is 5.92 Å². The predicted octanol–water partition coefficient (Wildman–Crippen LogP) is 2.97. The third-order valence-corrected chi connectivity index (χ3v) is 5.24. The summed E-state index contributed by atoms with van der Waals surface area (Å²) in [5.41, 5.74) is 4.06. The summed E-state index contributed by atoms with van der Waals surface area (Å²) in [5, 5.41) is 12.2.